The van der Waals surface area contributed by atoms with Gasteiger partial charge in [0.25, 0.3) is 0 Å². The average molecular weight is 302 g/mol. The zero-order valence-corrected chi connectivity index (χ0v) is 10.4. The van der Waals surface area contributed by atoms with Crippen LogP contribution in [0.25, 0.3) is 11.3 Å². The number of nitrogens with two attached hydrogens (primary N) is 1. The van der Waals surface area contributed by atoms with E-state index in [1.54, 1.807) is 0 Å². The first-order valence-electron chi connectivity index (χ1n) is 5.01. The Morgan fingerprint density at radius 1 is 1.35 bits per heavy atom. The van der Waals surface area contributed by atoms with E-state index in [2.05, 4.69) is 26.1 Å². The molecule has 0 aliphatic carbocycles. The van der Waals surface area contributed by atoms with Crippen molar-refractivity contribution in [2.45, 2.75) is 6.42 Å². The van der Waals surface area contributed by atoms with Gasteiger partial charge in [0.05, 0.1) is 10.2 Å². The van der Waals surface area contributed by atoms with Crippen LogP contribution < -0.4 is 5.73 Å². The number of nitrogens with one attached hydrogen (secondary N) is 1. The molecule has 3 nitrogen and oxygen atoms in total. The Morgan fingerprint density at radius 2 is 2.12 bits per heavy atom. The number of nitrogens with zero attached hydrogens (tertiary/aromatic N) is 1. The van der Waals surface area contributed by atoms with Crippen molar-refractivity contribution in [2.24, 2.45) is 5.73 Å². The highest BCUT2D eigenvalue weighted by molar-refractivity contribution is 9.10. The van der Waals surface area contributed by atoms with E-state index in [1.165, 1.54) is 12.1 Å². The first kappa shape index (κ1) is 12.2. The van der Waals surface area contributed by atoms with Crippen molar-refractivity contribution in [1.82, 2.24) is 10.2 Å². The summed E-state index contributed by atoms with van der Waals surface area (Å²) in [5.74, 6) is -1.25. The lowest BCUT2D eigenvalue weighted by Crippen LogP contribution is -2.03. The second kappa shape index (κ2) is 4.93. The molecule has 1 heterocycles. The van der Waals surface area contributed by atoms with Crippen LogP contribution in [0.2, 0.25) is 0 Å². The fourth-order valence-corrected chi connectivity index (χ4v) is 2.12. The normalized spacial score (nSPS) is 10.8. The van der Waals surface area contributed by atoms with E-state index < -0.39 is 11.6 Å². The summed E-state index contributed by atoms with van der Waals surface area (Å²) in [6.45, 7) is 0.464. The minimum absolute atomic E-state index is 0.248. The molecule has 0 unspecified atom stereocenters. The predicted octanol–water partition coefficient (Wildman–Crippen LogP) is 2.62. The molecule has 0 aliphatic rings. The van der Waals surface area contributed by atoms with E-state index in [4.69, 9.17) is 5.73 Å². The largest absolute Gasteiger partial charge is 0.330 e. The van der Waals surface area contributed by atoms with Crippen molar-refractivity contribution in [3.63, 3.8) is 0 Å². The lowest BCUT2D eigenvalue weighted by Gasteiger charge is -2.00. The van der Waals surface area contributed by atoms with E-state index >= 15 is 0 Å². The summed E-state index contributed by atoms with van der Waals surface area (Å²) in [6.07, 6.45) is 0.608. The second-order valence-corrected chi connectivity index (χ2v) is 4.32. The molecule has 3 N–H and O–H groups in total. The van der Waals surface area contributed by atoms with E-state index in [9.17, 15) is 8.78 Å². The Labute approximate surface area is 105 Å². The van der Waals surface area contributed by atoms with Crippen LogP contribution in [-0.4, -0.2) is 16.7 Å². The molecule has 0 bridgehead atoms. The molecule has 0 radical (unpaired) electrons. The molecular weight excluding hydrogens is 292 g/mol. The second-order valence-electron chi connectivity index (χ2n) is 3.53. The highest BCUT2D eigenvalue weighted by Crippen LogP contribution is 2.30. The van der Waals surface area contributed by atoms with Gasteiger partial charge in [0.1, 0.15) is 17.3 Å². The Balaban J connectivity index is 2.46. The van der Waals surface area contributed by atoms with Crippen LogP contribution in [0.3, 0.4) is 0 Å². The van der Waals surface area contributed by atoms with Gasteiger partial charge >= 0.3 is 0 Å². The molecule has 0 aliphatic heterocycles. The zero-order valence-electron chi connectivity index (χ0n) is 8.80. The molecule has 0 atom stereocenters. The summed E-state index contributed by atoms with van der Waals surface area (Å²) in [5.41, 5.74) is 6.90. The van der Waals surface area contributed by atoms with Crippen molar-refractivity contribution in [2.75, 3.05) is 6.54 Å². The lowest BCUT2D eigenvalue weighted by molar-refractivity contribution is 0.585. The van der Waals surface area contributed by atoms with Gasteiger partial charge in [-0.2, -0.15) is 5.10 Å². The van der Waals surface area contributed by atoms with E-state index in [-0.39, 0.29) is 5.56 Å². The summed E-state index contributed by atoms with van der Waals surface area (Å²) >= 11 is 3.33. The number of aromatic amines is 1. The molecule has 90 valence electrons. The number of hydrogen-bond acceptors (Lipinski definition) is 2. The van der Waals surface area contributed by atoms with Gasteiger partial charge in [-0.3, -0.25) is 5.10 Å². The van der Waals surface area contributed by atoms with Gasteiger partial charge < -0.3 is 5.73 Å². The Hall–Kier alpha value is -1.27. The van der Waals surface area contributed by atoms with Crippen LogP contribution in [0, 0.1) is 11.6 Å². The van der Waals surface area contributed by atoms with Crippen LogP contribution in [0.15, 0.2) is 22.7 Å². The first-order chi connectivity index (χ1) is 8.13. The molecule has 0 fully saturated rings. The third kappa shape index (κ3) is 2.37. The van der Waals surface area contributed by atoms with Crippen molar-refractivity contribution in [3.05, 3.63) is 40.0 Å². The number of hydrogen-bond donors (Lipinski definition) is 2. The molecule has 0 saturated heterocycles. The van der Waals surface area contributed by atoms with Crippen molar-refractivity contribution < 1.29 is 8.78 Å². The van der Waals surface area contributed by atoms with Crippen LogP contribution in [-0.2, 0) is 6.42 Å². The third-order valence-electron chi connectivity index (χ3n) is 2.36. The number of benzene rings is 1. The van der Waals surface area contributed by atoms with Crippen LogP contribution in [0.4, 0.5) is 8.78 Å². The highest BCUT2D eigenvalue weighted by Gasteiger charge is 2.15. The van der Waals surface area contributed by atoms with Crippen LogP contribution >= 0.6 is 15.9 Å². The maximum atomic E-state index is 13.6. The molecule has 0 amide bonds. The standard InChI is InChI=1S/C11H10BrF2N3/c12-10-9(3-4-15)16-17-11(10)7-2-1-6(13)5-8(7)14/h1-2,5H,3-4,15H2,(H,16,17). The number of rotatable bonds is 3. The molecule has 0 saturated carbocycles. The molecule has 17 heavy (non-hydrogen) atoms. The molecule has 6 heteroatoms. The van der Waals surface area contributed by atoms with Crippen molar-refractivity contribution in [1.29, 1.82) is 0 Å². The van der Waals surface area contributed by atoms with Gasteiger partial charge in [0.2, 0.25) is 0 Å². The van der Waals surface area contributed by atoms with E-state index in [1.807, 2.05) is 0 Å². The molecular formula is C11H10BrF2N3. The predicted molar refractivity (Wildman–Crippen MR) is 64.4 cm³/mol. The molecule has 1 aromatic heterocycles. The Morgan fingerprint density at radius 3 is 2.76 bits per heavy atom. The van der Waals surface area contributed by atoms with Gasteiger partial charge in [0.15, 0.2) is 0 Å². The third-order valence-corrected chi connectivity index (χ3v) is 3.21. The zero-order chi connectivity index (χ0) is 12.4. The Bertz CT molecular complexity index is 540. The van der Waals surface area contributed by atoms with E-state index in [0.717, 1.165) is 11.8 Å². The van der Waals surface area contributed by atoms with Gasteiger partial charge in [-0.25, -0.2) is 8.78 Å². The summed E-state index contributed by atoms with van der Waals surface area (Å²) in [7, 11) is 0. The summed E-state index contributed by atoms with van der Waals surface area (Å²) in [6, 6.07) is 3.39. The maximum absolute atomic E-state index is 13.6. The topological polar surface area (TPSA) is 54.7 Å². The average Bonchev–Trinajstić information content (AvgIpc) is 2.62. The summed E-state index contributed by atoms with van der Waals surface area (Å²) in [4.78, 5) is 0. The minimum atomic E-state index is -0.642. The van der Waals surface area contributed by atoms with Gasteiger partial charge in [-0.15, -0.1) is 0 Å². The van der Waals surface area contributed by atoms with Crippen LogP contribution in [0.1, 0.15) is 5.69 Å². The fraction of sp³-hybridized carbons (Fsp3) is 0.182. The molecule has 0 spiro atoms. The van der Waals surface area contributed by atoms with Crippen molar-refractivity contribution >= 4 is 15.9 Å². The smallest absolute Gasteiger partial charge is 0.135 e. The lowest BCUT2D eigenvalue weighted by atomic mass is 10.1. The maximum Gasteiger partial charge on any atom is 0.135 e. The minimum Gasteiger partial charge on any atom is -0.330 e. The van der Waals surface area contributed by atoms with Crippen molar-refractivity contribution in [3.8, 4) is 11.3 Å². The summed E-state index contributed by atoms with van der Waals surface area (Å²) in [5, 5.41) is 6.78. The molecule has 2 rings (SSSR count). The molecule has 1 aromatic carbocycles. The van der Waals surface area contributed by atoms with E-state index in [0.29, 0.717) is 23.1 Å². The molecule has 2 aromatic rings. The number of H-pyrrole nitrogens is 1. The van der Waals surface area contributed by atoms with Gasteiger partial charge in [-0.1, -0.05) is 0 Å². The highest BCUT2D eigenvalue weighted by atomic mass is 79.9. The van der Waals surface area contributed by atoms with Gasteiger partial charge in [-0.05, 0) is 34.6 Å². The van der Waals surface area contributed by atoms with Gasteiger partial charge in [0, 0.05) is 18.1 Å². The Kier molecular flexibility index (Phi) is 3.54. The summed E-state index contributed by atoms with van der Waals surface area (Å²) < 4.78 is 27.0. The number of aromatic nitrogens is 2. The fourth-order valence-electron chi connectivity index (χ4n) is 1.53. The number of halogens is 3. The first-order valence-corrected chi connectivity index (χ1v) is 5.81. The monoisotopic (exact) mass is 301 g/mol. The van der Waals surface area contributed by atoms with Crippen LogP contribution in [0.5, 0.6) is 0 Å². The quantitative estimate of drug-likeness (QED) is 0.915. The SMILES string of the molecule is NCCc1[nH]nc(-c2ccc(F)cc2F)c1Br.